The Balaban J connectivity index is 1.82. The van der Waals surface area contributed by atoms with E-state index >= 15 is 0 Å². The second-order valence-corrected chi connectivity index (χ2v) is 7.66. The van der Waals surface area contributed by atoms with Crippen LogP contribution in [0.3, 0.4) is 0 Å². The van der Waals surface area contributed by atoms with Crippen LogP contribution in [0.1, 0.15) is 11.1 Å². The molecule has 2 amide bonds. The number of nitrogens with zero attached hydrogens (tertiary/aromatic N) is 3. The van der Waals surface area contributed by atoms with E-state index in [0.29, 0.717) is 19.2 Å². The summed E-state index contributed by atoms with van der Waals surface area (Å²) in [5.74, 6) is 0. The quantitative estimate of drug-likeness (QED) is 0.853. The van der Waals surface area contributed by atoms with Crippen molar-refractivity contribution in [2.24, 2.45) is 0 Å². The van der Waals surface area contributed by atoms with Crippen LogP contribution in [0.4, 0.5) is 18.0 Å². The van der Waals surface area contributed by atoms with E-state index in [1.165, 1.54) is 11.0 Å². The maximum absolute atomic E-state index is 13.0. The van der Waals surface area contributed by atoms with E-state index in [4.69, 9.17) is 5.26 Å². The first-order valence-electron chi connectivity index (χ1n) is 7.30. The summed E-state index contributed by atoms with van der Waals surface area (Å²) in [6.07, 6.45) is -4.83. The lowest BCUT2D eigenvalue weighted by Crippen LogP contribution is -2.61. The van der Waals surface area contributed by atoms with Gasteiger partial charge in [0.2, 0.25) is 10.0 Å². The van der Waals surface area contributed by atoms with Crippen LogP contribution in [0.15, 0.2) is 23.1 Å². The summed E-state index contributed by atoms with van der Waals surface area (Å²) in [6, 6.07) is 3.14. The van der Waals surface area contributed by atoms with Gasteiger partial charge in [0.25, 0.3) is 0 Å². The van der Waals surface area contributed by atoms with Crippen LogP contribution in [0.5, 0.6) is 0 Å². The van der Waals surface area contributed by atoms with Gasteiger partial charge in [-0.05, 0) is 18.2 Å². The normalized spacial score (nSPS) is 19.4. The van der Waals surface area contributed by atoms with Crippen LogP contribution in [0.25, 0.3) is 0 Å². The molecule has 1 aromatic rings. The van der Waals surface area contributed by atoms with Crippen molar-refractivity contribution in [3.8, 4) is 6.07 Å². The van der Waals surface area contributed by atoms with Crippen LogP contribution < -0.4 is 5.32 Å². The van der Waals surface area contributed by atoms with Crippen LogP contribution in [-0.4, -0.2) is 55.9 Å². The zero-order valence-electron chi connectivity index (χ0n) is 12.7. The van der Waals surface area contributed by atoms with Gasteiger partial charge in [0.1, 0.15) is 0 Å². The minimum Gasteiger partial charge on any atom is -0.336 e. The van der Waals surface area contributed by atoms with Crippen molar-refractivity contribution in [1.82, 2.24) is 14.5 Å². The highest BCUT2D eigenvalue weighted by Gasteiger charge is 2.43. The van der Waals surface area contributed by atoms with Crippen molar-refractivity contribution in [3.05, 3.63) is 29.3 Å². The molecule has 134 valence electrons. The fourth-order valence-corrected chi connectivity index (χ4v) is 4.35. The Morgan fingerprint density at radius 3 is 2.48 bits per heavy atom. The van der Waals surface area contributed by atoms with Gasteiger partial charge in [0.05, 0.1) is 28.1 Å². The van der Waals surface area contributed by atoms with Crippen molar-refractivity contribution >= 4 is 16.1 Å². The summed E-state index contributed by atoms with van der Waals surface area (Å²) in [5.41, 5.74) is -1.92. The van der Waals surface area contributed by atoms with Crippen LogP contribution in [0, 0.1) is 11.3 Å². The highest BCUT2D eigenvalue weighted by atomic mass is 32.2. The van der Waals surface area contributed by atoms with Gasteiger partial charge in [-0.1, -0.05) is 0 Å². The first kappa shape index (κ1) is 17.5. The van der Waals surface area contributed by atoms with Crippen molar-refractivity contribution in [1.29, 1.82) is 5.26 Å². The van der Waals surface area contributed by atoms with Crippen molar-refractivity contribution in [2.45, 2.75) is 17.1 Å². The molecule has 0 bridgehead atoms. The van der Waals surface area contributed by atoms with E-state index in [1.807, 2.05) is 0 Å². The maximum atomic E-state index is 13.0. The molecule has 1 aromatic carbocycles. The Morgan fingerprint density at radius 2 is 1.96 bits per heavy atom. The number of hydrogen-bond acceptors (Lipinski definition) is 4. The smallest absolute Gasteiger partial charge is 0.336 e. The van der Waals surface area contributed by atoms with Crippen molar-refractivity contribution in [2.75, 3.05) is 26.2 Å². The number of hydrogen-bond donors (Lipinski definition) is 1. The molecule has 0 aromatic heterocycles. The number of urea groups is 1. The van der Waals surface area contributed by atoms with E-state index in [9.17, 15) is 26.4 Å². The van der Waals surface area contributed by atoms with Crippen LogP contribution in [0.2, 0.25) is 0 Å². The van der Waals surface area contributed by atoms with E-state index in [2.05, 4.69) is 5.32 Å². The van der Waals surface area contributed by atoms with E-state index in [-0.39, 0.29) is 25.2 Å². The lowest BCUT2D eigenvalue weighted by atomic mass is 10.1. The largest absolute Gasteiger partial charge is 0.417 e. The Kier molecular flexibility index (Phi) is 4.12. The van der Waals surface area contributed by atoms with Gasteiger partial charge in [-0.3, -0.25) is 0 Å². The van der Waals surface area contributed by atoms with Gasteiger partial charge in [0.15, 0.2) is 0 Å². The number of nitrogens with one attached hydrogen (secondary N) is 1. The monoisotopic (exact) mass is 374 g/mol. The van der Waals surface area contributed by atoms with E-state index in [1.54, 1.807) is 0 Å². The summed E-state index contributed by atoms with van der Waals surface area (Å²) in [4.78, 5) is 12.5. The molecular formula is C14H13F3N4O3S. The molecule has 0 saturated carbocycles. The van der Waals surface area contributed by atoms with Crippen molar-refractivity contribution < 1.29 is 26.4 Å². The summed E-state index contributed by atoms with van der Waals surface area (Å²) in [7, 11) is -4.12. The summed E-state index contributed by atoms with van der Waals surface area (Å²) >= 11 is 0. The molecule has 0 aliphatic carbocycles. The third-order valence-electron chi connectivity index (χ3n) is 4.21. The maximum Gasteiger partial charge on any atom is 0.417 e. The average Bonchev–Trinajstić information content (AvgIpc) is 2.90. The molecule has 3 rings (SSSR count). The standard InChI is InChI=1S/C14H13F3N4O3S/c15-14(16,17)12-5-11(2-1-9(12)6-18)25(23,24)20-7-10(8-20)21-4-3-19-13(21)22/h1-2,5,10H,3-4,7-8H2,(H,19,22). The van der Waals surface area contributed by atoms with Gasteiger partial charge < -0.3 is 10.2 Å². The molecule has 0 spiro atoms. The van der Waals surface area contributed by atoms with E-state index < -0.39 is 32.2 Å². The molecule has 1 N–H and O–H groups in total. The molecule has 2 aliphatic rings. The summed E-state index contributed by atoms with van der Waals surface area (Å²) in [5, 5.41) is 11.4. The number of carbonyl (C=O) groups excluding carboxylic acids is 1. The molecule has 2 heterocycles. The lowest BCUT2D eigenvalue weighted by Gasteiger charge is -2.42. The van der Waals surface area contributed by atoms with Crippen molar-refractivity contribution in [3.63, 3.8) is 0 Å². The fraction of sp³-hybridized carbons (Fsp3) is 0.429. The summed E-state index contributed by atoms with van der Waals surface area (Å²) in [6.45, 7) is 0.993. The number of carbonyl (C=O) groups is 1. The number of benzene rings is 1. The number of nitriles is 1. The second-order valence-electron chi connectivity index (χ2n) is 5.72. The molecule has 11 heteroatoms. The first-order valence-corrected chi connectivity index (χ1v) is 8.74. The molecule has 2 aliphatic heterocycles. The Morgan fingerprint density at radius 1 is 1.28 bits per heavy atom. The molecule has 25 heavy (non-hydrogen) atoms. The highest BCUT2D eigenvalue weighted by molar-refractivity contribution is 7.89. The second kappa shape index (κ2) is 5.89. The topological polar surface area (TPSA) is 93.5 Å². The Hall–Kier alpha value is -2.32. The van der Waals surface area contributed by atoms with E-state index in [0.717, 1.165) is 16.4 Å². The minimum atomic E-state index is -4.83. The van der Waals surface area contributed by atoms with Gasteiger partial charge in [-0.25, -0.2) is 13.2 Å². The SMILES string of the molecule is N#Cc1ccc(S(=O)(=O)N2CC(N3CCNC3=O)C2)cc1C(F)(F)F. The molecule has 0 unspecified atom stereocenters. The van der Waals surface area contributed by atoms with Crippen LogP contribution >= 0.6 is 0 Å². The van der Waals surface area contributed by atoms with Gasteiger partial charge >= 0.3 is 12.2 Å². The number of rotatable bonds is 3. The average molecular weight is 374 g/mol. The Bertz CT molecular complexity index is 857. The lowest BCUT2D eigenvalue weighted by molar-refractivity contribution is -0.137. The van der Waals surface area contributed by atoms with Gasteiger partial charge in [0, 0.05) is 26.2 Å². The minimum absolute atomic E-state index is 0.0249. The van der Waals surface area contributed by atoms with Crippen LogP contribution in [-0.2, 0) is 16.2 Å². The number of amides is 2. The zero-order chi connectivity index (χ0) is 18.4. The third-order valence-corrected chi connectivity index (χ3v) is 6.04. The molecule has 2 saturated heterocycles. The molecule has 2 fully saturated rings. The molecule has 0 atom stereocenters. The first-order chi connectivity index (χ1) is 11.6. The number of sulfonamides is 1. The third kappa shape index (κ3) is 3.03. The van der Waals surface area contributed by atoms with Gasteiger partial charge in [-0.2, -0.15) is 22.7 Å². The molecule has 0 radical (unpaired) electrons. The predicted octanol–water partition coefficient (Wildman–Crippen LogP) is 0.975. The predicted molar refractivity (Wildman–Crippen MR) is 78.8 cm³/mol. The number of halogens is 3. The summed E-state index contributed by atoms with van der Waals surface area (Å²) < 4.78 is 65.0. The van der Waals surface area contributed by atoms with Gasteiger partial charge in [-0.15, -0.1) is 0 Å². The number of alkyl halides is 3. The fourth-order valence-electron chi connectivity index (χ4n) is 2.81. The molecule has 7 nitrogen and oxygen atoms in total. The zero-order valence-corrected chi connectivity index (χ0v) is 13.6. The molecular weight excluding hydrogens is 361 g/mol. The Labute approximate surface area is 141 Å². The highest BCUT2D eigenvalue weighted by Crippen LogP contribution is 2.34.